The molecule has 1 atom stereocenters. The summed E-state index contributed by atoms with van der Waals surface area (Å²) in [7, 11) is 0. The standard InChI is InChI=1S/C13H16Cl2N2O3/c14-11-7-10(17(19)20)8-12(15)13(11)16-5-1-3-9(16)4-2-6-18/h7-9,18H,1-6H2. The fourth-order valence-electron chi connectivity index (χ4n) is 2.69. The van der Waals surface area contributed by atoms with E-state index in [2.05, 4.69) is 4.90 Å². The van der Waals surface area contributed by atoms with E-state index in [-0.39, 0.29) is 18.3 Å². The minimum Gasteiger partial charge on any atom is -0.396 e. The number of non-ortho nitro benzene ring substituents is 1. The number of hydrogen-bond acceptors (Lipinski definition) is 4. The molecule has 7 heteroatoms. The summed E-state index contributed by atoms with van der Waals surface area (Å²) in [6.45, 7) is 0.986. The van der Waals surface area contributed by atoms with Crippen LogP contribution in [0.3, 0.4) is 0 Å². The van der Waals surface area contributed by atoms with Gasteiger partial charge in [-0.15, -0.1) is 0 Å². The zero-order chi connectivity index (χ0) is 14.7. The third kappa shape index (κ3) is 3.16. The van der Waals surface area contributed by atoms with Crippen LogP contribution < -0.4 is 4.90 Å². The third-order valence-corrected chi connectivity index (χ3v) is 4.15. The highest BCUT2D eigenvalue weighted by molar-refractivity contribution is 6.39. The van der Waals surface area contributed by atoms with Gasteiger partial charge in [0.15, 0.2) is 0 Å². The largest absolute Gasteiger partial charge is 0.396 e. The van der Waals surface area contributed by atoms with Crippen molar-refractivity contribution in [2.45, 2.75) is 31.7 Å². The van der Waals surface area contributed by atoms with E-state index >= 15 is 0 Å². The fraction of sp³-hybridized carbons (Fsp3) is 0.538. The minimum absolute atomic E-state index is 0.102. The zero-order valence-electron chi connectivity index (χ0n) is 10.9. The smallest absolute Gasteiger partial charge is 0.272 e. The molecule has 0 radical (unpaired) electrons. The number of hydrogen-bond donors (Lipinski definition) is 1. The van der Waals surface area contributed by atoms with Gasteiger partial charge in [0.05, 0.1) is 20.7 Å². The Kier molecular flexibility index (Phi) is 5.07. The van der Waals surface area contributed by atoms with Crippen LogP contribution in [0.5, 0.6) is 0 Å². The van der Waals surface area contributed by atoms with Crippen LogP contribution in [0, 0.1) is 10.1 Å². The molecule has 0 aromatic heterocycles. The maximum Gasteiger partial charge on any atom is 0.272 e. The van der Waals surface area contributed by atoms with Crippen molar-refractivity contribution in [2.24, 2.45) is 0 Å². The van der Waals surface area contributed by atoms with E-state index < -0.39 is 4.92 Å². The van der Waals surface area contributed by atoms with Gasteiger partial charge in [-0.25, -0.2) is 0 Å². The molecule has 0 bridgehead atoms. The molecule has 110 valence electrons. The molecule has 0 spiro atoms. The Labute approximate surface area is 127 Å². The molecule has 1 aliphatic heterocycles. The third-order valence-electron chi connectivity index (χ3n) is 3.57. The predicted octanol–water partition coefficient (Wildman–Crippen LogP) is 3.64. The number of benzene rings is 1. The maximum absolute atomic E-state index is 10.8. The van der Waals surface area contributed by atoms with E-state index in [9.17, 15) is 10.1 Å². The molecule has 1 unspecified atom stereocenters. The first-order chi connectivity index (χ1) is 9.54. The lowest BCUT2D eigenvalue weighted by molar-refractivity contribution is -0.384. The van der Waals surface area contributed by atoms with Crippen molar-refractivity contribution in [3.63, 3.8) is 0 Å². The van der Waals surface area contributed by atoms with Gasteiger partial charge in [0.1, 0.15) is 0 Å². The summed E-state index contributed by atoms with van der Waals surface area (Å²) in [5.41, 5.74) is 0.564. The average Bonchev–Trinajstić information content (AvgIpc) is 2.83. The van der Waals surface area contributed by atoms with Gasteiger partial charge in [0.2, 0.25) is 0 Å². The monoisotopic (exact) mass is 318 g/mol. The highest BCUT2D eigenvalue weighted by Gasteiger charge is 2.28. The lowest BCUT2D eigenvalue weighted by Gasteiger charge is -2.28. The van der Waals surface area contributed by atoms with E-state index in [1.165, 1.54) is 12.1 Å². The van der Waals surface area contributed by atoms with Crippen LogP contribution in [0.1, 0.15) is 25.7 Å². The van der Waals surface area contributed by atoms with Gasteiger partial charge in [-0.3, -0.25) is 10.1 Å². The number of nitro groups is 1. The molecular weight excluding hydrogens is 303 g/mol. The van der Waals surface area contributed by atoms with Crippen molar-refractivity contribution in [1.82, 2.24) is 0 Å². The second kappa shape index (κ2) is 6.61. The molecule has 1 aliphatic rings. The highest BCUT2D eigenvalue weighted by atomic mass is 35.5. The van der Waals surface area contributed by atoms with Crippen molar-refractivity contribution in [3.8, 4) is 0 Å². The van der Waals surface area contributed by atoms with Crippen molar-refractivity contribution < 1.29 is 10.0 Å². The van der Waals surface area contributed by atoms with Crippen LogP contribution in [0.4, 0.5) is 11.4 Å². The number of nitrogens with zero attached hydrogens (tertiary/aromatic N) is 2. The van der Waals surface area contributed by atoms with Gasteiger partial charge >= 0.3 is 0 Å². The quantitative estimate of drug-likeness (QED) is 0.664. The number of anilines is 1. The summed E-state index contributed by atoms with van der Waals surface area (Å²) < 4.78 is 0. The Morgan fingerprint density at radius 1 is 1.40 bits per heavy atom. The van der Waals surface area contributed by atoms with E-state index in [4.69, 9.17) is 28.3 Å². The van der Waals surface area contributed by atoms with Crippen LogP contribution in [-0.2, 0) is 0 Å². The molecule has 0 saturated carbocycles. The molecule has 0 aliphatic carbocycles. The Bertz CT molecular complexity index is 487. The molecule has 1 aromatic rings. The van der Waals surface area contributed by atoms with Crippen LogP contribution in [0.15, 0.2) is 12.1 Å². The van der Waals surface area contributed by atoms with Gasteiger partial charge in [0.25, 0.3) is 5.69 Å². The lowest BCUT2D eigenvalue weighted by atomic mass is 10.1. The summed E-state index contributed by atoms with van der Waals surface area (Å²) in [6.07, 6.45) is 3.63. The molecule has 20 heavy (non-hydrogen) atoms. The van der Waals surface area contributed by atoms with E-state index in [0.717, 1.165) is 32.2 Å². The number of halogens is 2. The van der Waals surface area contributed by atoms with Crippen LogP contribution in [0.25, 0.3) is 0 Å². The van der Waals surface area contributed by atoms with Crippen molar-refractivity contribution >= 4 is 34.6 Å². The van der Waals surface area contributed by atoms with E-state index in [1.54, 1.807) is 0 Å². The number of nitro benzene ring substituents is 1. The summed E-state index contributed by atoms with van der Waals surface area (Å²) in [5.74, 6) is 0. The van der Waals surface area contributed by atoms with Crippen molar-refractivity contribution in [1.29, 1.82) is 0 Å². The second-order valence-electron chi connectivity index (χ2n) is 4.87. The highest BCUT2D eigenvalue weighted by Crippen LogP contribution is 2.41. The average molecular weight is 319 g/mol. The predicted molar refractivity (Wildman–Crippen MR) is 79.8 cm³/mol. The molecule has 0 amide bonds. The normalized spacial score (nSPS) is 18.6. The van der Waals surface area contributed by atoms with Gasteiger partial charge in [0, 0.05) is 31.3 Å². The number of aliphatic hydroxyl groups excluding tert-OH is 1. The summed E-state index contributed by atoms with van der Waals surface area (Å²) in [6, 6.07) is 2.95. The number of rotatable bonds is 5. The van der Waals surface area contributed by atoms with E-state index in [0.29, 0.717) is 15.7 Å². The van der Waals surface area contributed by atoms with Crippen molar-refractivity contribution in [3.05, 3.63) is 32.3 Å². The Morgan fingerprint density at radius 2 is 2.05 bits per heavy atom. The molecule has 1 heterocycles. The van der Waals surface area contributed by atoms with E-state index in [1.807, 2.05) is 0 Å². The summed E-state index contributed by atoms with van der Waals surface area (Å²) in [5, 5.41) is 20.3. The lowest BCUT2D eigenvalue weighted by Crippen LogP contribution is -2.29. The molecule has 5 nitrogen and oxygen atoms in total. The summed E-state index contributed by atoms with van der Waals surface area (Å²) in [4.78, 5) is 12.4. The van der Waals surface area contributed by atoms with Crippen LogP contribution >= 0.6 is 23.2 Å². The first-order valence-corrected chi connectivity index (χ1v) is 7.31. The Balaban J connectivity index is 2.29. The van der Waals surface area contributed by atoms with Crippen LogP contribution in [0.2, 0.25) is 10.0 Å². The molecular formula is C13H16Cl2N2O3. The molecule has 1 fully saturated rings. The first-order valence-electron chi connectivity index (χ1n) is 6.55. The first kappa shape index (κ1) is 15.4. The molecule has 2 rings (SSSR count). The van der Waals surface area contributed by atoms with Crippen LogP contribution in [-0.4, -0.2) is 29.2 Å². The minimum atomic E-state index is -0.505. The Morgan fingerprint density at radius 3 is 2.60 bits per heavy atom. The van der Waals surface area contributed by atoms with Gasteiger partial charge in [-0.1, -0.05) is 23.2 Å². The van der Waals surface area contributed by atoms with Gasteiger partial charge < -0.3 is 10.0 Å². The molecule has 1 aromatic carbocycles. The van der Waals surface area contributed by atoms with Gasteiger partial charge in [-0.05, 0) is 25.7 Å². The topological polar surface area (TPSA) is 66.6 Å². The van der Waals surface area contributed by atoms with Crippen molar-refractivity contribution in [2.75, 3.05) is 18.1 Å². The zero-order valence-corrected chi connectivity index (χ0v) is 12.4. The Hall–Kier alpha value is -1.04. The summed E-state index contributed by atoms with van der Waals surface area (Å²) >= 11 is 12.4. The molecule has 1 N–H and O–H groups in total. The SMILES string of the molecule is O=[N+]([O-])c1cc(Cl)c(N2CCCC2CCCO)c(Cl)c1. The second-order valence-corrected chi connectivity index (χ2v) is 5.68. The maximum atomic E-state index is 10.8. The fourth-order valence-corrected chi connectivity index (χ4v) is 3.38. The van der Waals surface area contributed by atoms with Gasteiger partial charge in [-0.2, -0.15) is 0 Å². The number of aliphatic hydroxyl groups is 1. The molecule has 1 saturated heterocycles.